The molecule has 1 heterocycles. The number of rotatable bonds is 2. The van der Waals surface area contributed by atoms with Crippen LogP contribution in [-0.2, 0) is 7.05 Å². The first-order chi connectivity index (χ1) is 12.0. The van der Waals surface area contributed by atoms with Gasteiger partial charge in [-0.3, -0.25) is 0 Å². The molecule has 1 nitrogen and oxygen atoms in total. The monoisotopic (exact) mass is 330 g/mol. The molecular weight excluding hydrogens is 302 g/mol. The second-order valence-electron chi connectivity index (χ2n) is 7.83. The van der Waals surface area contributed by atoms with Gasteiger partial charge in [0.25, 0.3) is 0 Å². The zero-order valence-corrected chi connectivity index (χ0v) is 15.9. The first-order valence-electron chi connectivity index (χ1n) is 9.55. The van der Waals surface area contributed by atoms with Crippen LogP contribution in [0.1, 0.15) is 53.9 Å². The Morgan fingerprint density at radius 1 is 0.880 bits per heavy atom. The van der Waals surface area contributed by atoms with Crippen molar-refractivity contribution in [2.45, 2.75) is 52.4 Å². The third kappa shape index (κ3) is 2.86. The van der Waals surface area contributed by atoms with Crippen molar-refractivity contribution in [3.8, 4) is 11.3 Å². The minimum atomic E-state index is 0.760. The Morgan fingerprint density at radius 2 is 1.60 bits per heavy atom. The molecule has 0 unspecified atom stereocenters. The smallest absolute Gasteiger partial charge is 0.194 e. The van der Waals surface area contributed by atoms with Crippen molar-refractivity contribution < 1.29 is 4.57 Å². The minimum Gasteiger partial charge on any atom is -0.194 e. The number of aryl methyl sites for hydroxylation is 3. The van der Waals surface area contributed by atoms with Crippen molar-refractivity contribution in [3.63, 3.8) is 0 Å². The molecule has 0 radical (unpaired) electrons. The summed E-state index contributed by atoms with van der Waals surface area (Å²) in [6.07, 6.45) is 5.48. The number of hydrogen-bond acceptors (Lipinski definition) is 0. The van der Waals surface area contributed by atoms with E-state index in [4.69, 9.17) is 0 Å². The lowest BCUT2D eigenvalue weighted by molar-refractivity contribution is -0.633. The van der Waals surface area contributed by atoms with Gasteiger partial charge in [0.15, 0.2) is 0 Å². The standard InChI is InChI=1S/C24H28N/c1-16-13-17(2)18(3)22(14-16)23-12-11-20-9-10-21(15-24(20)25(23)4)19-7-5-6-8-19/h9-15,19H,5-8H2,1-4H3/q+1. The average molecular weight is 330 g/mol. The van der Waals surface area contributed by atoms with Gasteiger partial charge in [0.1, 0.15) is 7.05 Å². The Kier molecular flexibility index (Phi) is 4.11. The van der Waals surface area contributed by atoms with Gasteiger partial charge in [-0.05, 0) is 74.4 Å². The molecule has 0 amide bonds. The Balaban J connectivity index is 1.90. The Morgan fingerprint density at radius 3 is 2.36 bits per heavy atom. The third-order valence-corrected chi connectivity index (χ3v) is 6.11. The predicted molar refractivity (Wildman–Crippen MR) is 106 cm³/mol. The lowest BCUT2D eigenvalue weighted by Crippen LogP contribution is -2.32. The molecule has 1 aliphatic carbocycles. The SMILES string of the molecule is Cc1cc(C)c(C)c(-c2ccc3ccc(C4CCCC4)cc3[n+]2C)c1. The predicted octanol–water partition coefficient (Wildman–Crippen LogP) is 5.91. The second-order valence-corrected chi connectivity index (χ2v) is 7.83. The molecule has 2 aromatic carbocycles. The lowest BCUT2D eigenvalue weighted by Gasteiger charge is -2.12. The maximum atomic E-state index is 2.44. The van der Waals surface area contributed by atoms with E-state index in [1.54, 1.807) is 0 Å². The number of benzene rings is 2. The fourth-order valence-corrected chi connectivity index (χ4v) is 4.49. The molecule has 128 valence electrons. The molecule has 0 atom stereocenters. The van der Waals surface area contributed by atoms with Crippen molar-refractivity contribution in [1.82, 2.24) is 0 Å². The summed E-state index contributed by atoms with van der Waals surface area (Å²) in [5, 5.41) is 1.33. The van der Waals surface area contributed by atoms with E-state index in [1.807, 2.05) is 0 Å². The lowest BCUT2D eigenvalue weighted by atomic mass is 9.95. The highest BCUT2D eigenvalue weighted by atomic mass is 14.9. The van der Waals surface area contributed by atoms with Crippen LogP contribution in [0.2, 0.25) is 0 Å². The summed E-state index contributed by atoms with van der Waals surface area (Å²) >= 11 is 0. The Hall–Kier alpha value is -2.15. The zero-order chi connectivity index (χ0) is 17.6. The summed E-state index contributed by atoms with van der Waals surface area (Å²) in [6, 6.07) is 16.2. The molecule has 1 saturated carbocycles. The molecule has 1 fully saturated rings. The van der Waals surface area contributed by atoms with Gasteiger partial charge in [0, 0.05) is 23.1 Å². The number of nitrogens with zero attached hydrogens (tertiary/aromatic N) is 1. The molecule has 0 aliphatic heterocycles. The van der Waals surface area contributed by atoms with Crippen LogP contribution in [0.5, 0.6) is 0 Å². The Bertz CT molecular complexity index is 946. The largest absolute Gasteiger partial charge is 0.213 e. The molecule has 1 aromatic heterocycles. The number of aromatic nitrogens is 1. The van der Waals surface area contributed by atoms with Gasteiger partial charge in [0.2, 0.25) is 11.2 Å². The van der Waals surface area contributed by atoms with E-state index in [9.17, 15) is 0 Å². The summed E-state index contributed by atoms with van der Waals surface area (Å²) in [5.74, 6) is 0.760. The van der Waals surface area contributed by atoms with Crippen LogP contribution in [0.15, 0.2) is 42.5 Å². The average Bonchev–Trinajstić information content (AvgIpc) is 3.13. The van der Waals surface area contributed by atoms with E-state index in [2.05, 4.69) is 74.9 Å². The second kappa shape index (κ2) is 6.29. The summed E-state index contributed by atoms with van der Waals surface area (Å²) in [5.41, 5.74) is 9.61. The number of hydrogen-bond donors (Lipinski definition) is 0. The van der Waals surface area contributed by atoms with Crippen LogP contribution in [-0.4, -0.2) is 0 Å². The molecule has 4 rings (SSSR count). The van der Waals surface area contributed by atoms with Gasteiger partial charge < -0.3 is 0 Å². The molecule has 1 aliphatic rings. The van der Waals surface area contributed by atoms with Gasteiger partial charge in [-0.2, -0.15) is 4.57 Å². The van der Waals surface area contributed by atoms with Gasteiger partial charge in [-0.15, -0.1) is 0 Å². The maximum Gasteiger partial charge on any atom is 0.213 e. The molecule has 0 N–H and O–H groups in total. The summed E-state index contributed by atoms with van der Waals surface area (Å²) < 4.78 is 2.38. The van der Waals surface area contributed by atoms with E-state index in [1.165, 1.54) is 70.1 Å². The van der Waals surface area contributed by atoms with Crippen molar-refractivity contribution in [1.29, 1.82) is 0 Å². The molecule has 3 aromatic rings. The van der Waals surface area contributed by atoms with Gasteiger partial charge in [-0.1, -0.05) is 30.5 Å². The Labute approximate surface area is 151 Å². The van der Waals surface area contributed by atoms with Crippen LogP contribution in [0.4, 0.5) is 0 Å². The number of pyridine rings is 1. The summed E-state index contributed by atoms with van der Waals surface area (Å²) in [7, 11) is 2.22. The highest BCUT2D eigenvalue weighted by Crippen LogP contribution is 2.35. The van der Waals surface area contributed by atoms with Crippen molar-refractivity contribution in [2.24, 2.45) is 7.05 Å². The topological polar surface area (TPSA) is 3.88 Å². The zero-order valence-electron chi connectivity index (χ0n) is 15.9. The van der Waals surface area contributed by atoms with Crippen molar-refractivity contribution in [3.05, 3.63) is 64.7 Å². The van der Waals surface area contributed by atoms with Crippen molar-refractivity contribution in [2.75, 3.05) is 0 Å². The van der Waals surface area contributed by atoms with Crippen LogP contribution in [0.25, 0.3) is 22.2 Å². The van der Waals surface area contributed by atoms with Gasteiger partial charge in [0.05, 0.1) is 0 Å². The van der Waals surface area contributed by atoms with E-state index in [0.29, 0.717) is 0 Å². The highest BCUT2D eigenvalue weighted by molar-refractivity contribution is 5.79. The van der Waals surface area contributed by atoms with Gasteiger partial charge in [-0.25, -0.2) is 0 Å². The molecule has 1 heteroatoms. The molecule has 0 bridgehead atoms. The minimum absolute atomic E-state index is 0.760. The number of fused-ring (bicyclic) bond motifs is 1. The first-order valence-corrected chi connectivity index (χ1v) is 9.55. The van der Waals surface area contributed by atoms with Crippen LogP contribution < -0.4 is 4.57 Å². The highest BCUT2D eigenvalue weighted by Gasteiger charge is 2.21. The molecular formula is C24H28N+. The summed E-state index contributed by atoms with van der Waals surface area (Å²) in [4.78, 5) is 0. The quantitative estimate of drug-likeness (QED) is 0.514. The van der Waals surface area contributed by atoms with Gasteiger partial charge >= 0.3 is 0 Å². The summed E-state index contributed by atoms with van der Waals surface area (Å²) in [6.45, 7) is 6.64. The van der Waals surface area contributed by atoms with Crippen molar-refractivity contribution >= 4 is 10.9 Å². The van der Waals surface area contributed by atoms with E-state index in [0.717, 1.165) is 5.92 Å². The molecule has 25 heavy (non-hydrogen) atoms. The fourth-order valence-electron chi connectivity index (χ4n) is 4.49. The molecule has 0 saturated heterocycles. The first kappa shape index (κ1) is 16.3. The van der Waals surface area contributed by atoms with Crippen LogP contribution >= 0.6 is 0 Å². The fraction of sp³-hybridized carbons (Fsp3) is 0.375. The van der Waals surface area contributed by atoms with Crippen LogP contribution in [0.3, 0.4) is 0 Å². The maximum absolute atomic E-state index is 2.44. The van der Waals surface area contributed by atoms with E-state index >= 15 is 0 Å². The van der Waals surface area contributed by atoms with E-state index in [-0.39, 0.29) is 0 Å². The third-order valence-electron chi connectivity index (χ3n) is 6.11. The van der Waals surface area contributed by atoms with Crippen LogP contribution in [0, 0.1) is 20.8 Å². The normalized spacial score (nSPS) is 15.2. The van der Waals surface area contributed by atoms with E-state index < -0.39 is 0 Å². The molecule has 0 spiro atoms.